The van der Waals surface area contributed by atoms with E-state index in [-0.39, 0.29) is 12.4 Å². The van der Waals surface area contributed by atoms with Crippen LogP contribution in [-0.4, -0.2) is 15.7 Å². The first-order valence-corrected chi connectivity index (χ1v) is 3.46. The molecule has 1 aromatic rings. The number of alkyl halides is 3. The molecule has 0 aliphatic rings. The van der Waals surface area contributed by atoms with Crippen molar-refractivity contribution in [3.8, 4) is 6.07 Å². The fourth-order valence-corrected chi connectivity index (χ4v) is 0.907. The lowest BCUT2D eigenvalue weighted by atomic mass is 10.4. The van der Waals surface area contributed by atoms with Crippen molar-refractivity contribution in [3.05, 3.63) is 18.2 Å². The third-order valence-corrected chi connectivity index (χ3v) is 1.40. The number of hydrogen-bond acceptors (Lipinski definition) is 2. The van der Waals surface area contributed by atoms with Gasteiger partial charge in [0, 0.05) is 12.4 Å². The second kappa shape index (κ2) is 3.47. The zero-order chi connectivity index (χ0) is 9.90. The van der Waals surface area contributed by atoms with Gasteiger partial charge in [-0.2, -0.15) is 18.4 Å². The van der Waals surface area contributed by atoms with Crippen molar-refractivity contribution >= 4 is 0 Å². The van der Waals surface area contributed by atoms with Gasteiger partial charge in [0.05, 0.1) is 6.07 Å². The maximum atomic E-state index is 11.9. The number of imidazole rings is 1. The normalized spacial score (nSPS) is 11.2. The molecule has 0 N–H and O–H groups in total. The predicted molar refractivity (Wildman–Crippen MR) is 37.6 cm³/mol. The second-order valence-corrected chi connectivity index (χ2v) is 2.42. The van der Waals surface area contributed by atoms with Crippen LogP contribution < -0.4 is 0 Å². The van der Waals surface area contributed by atoms with E-state index in [0.29, 0.717) is 0 Å². The Labute approximate surface area is 72.4 Å². The molecule has 0 spiro atoms. The zero-order valence-corrected chi connectivity index (χ0v) is 6.54. The highest BCUT2D eigenvalue weighted by atomic mass is 19.4. The van der Waals surface area contributed by atoms with Gasteiger partial charge in [-0.25, -0.2) is 4.98 Å². The van der Waals surface area contributed by atoms with E-state index >= 15 is 0 Å². The maximum absolute atomic E-state index is 11.9. The van der Waals surface area contributed by atoms with E-state index in [1.54, 1.807) is 6.07 Å². The van der Waals surface area contributed by atoms with Crippen LogP contribution in [0, 0.1) is 11.3 Å². The molecule has 0 atom stereocenters. The number of rotatable bonds is 2. The molecule has 0 unspecified atom stereocenters. The second-order valence-electron chi connectivity index (χ2n) is 2.42. The molecular weight excluding hydrogens is 183 g/mol. The predicted octanol–water partition coefficient (Wildman–Crippen LogP) is 1.51. The molecule has 0 amide bonds. The van der Waals surface area contributed by atoms with Crippen molar-refractivity contribution < 1.29 is 13.2 Å². The summed E-state index contributed by atoms with van der Waals surface area (Å²) in [6.45, 7) is -0.106. The van der Waals surface area contributed by atoms with Crippen LogP contribution in [0.1, 0.15) is 5.82 Å². The Kier molecular flexibility index (Phi) is 2.56. The van der Waals surface area contributed by atoms with E-state index < -0.39 is 12.6 Å². The minimum absolute atomic E-state index is 0.106. The molecule has 6 heteroatoms. The number of hydrogen-bond donors (Lipinski definition) is 0. The van der Waals surface area contributed by atoms with Gasteiger partial charge >= 0.3 is 6.18 Å². The van der Waals surface area contributed by atoms with Crippen molar-refractivity contribution in [1.82, 2.24) is 9.55 Å². The maximum Gasteiger partial charge on any atom is 0.396 e. The summed E-state index contributed by atoms with van der Waals surface area (Å²) in [7, 11) is 0. The van der Waals surface area contributed by atoms with E-state index in [2.05, 4.69) is 4.98 Å². The lowest BCUT2D eigenvalue weighted by molar-refractivity contribution is -0.128. The lowest BCUT2D eigenvalue weighted by Crippen LogP contribution is -2.16. The monoisotopic (exact) mass is 189 g/mol. The first-order chi connectivity index (χ1) is 6.03. The summed E-state index contributed by atoms with van der Waals surface area (Å²) in [4.78, 5) is 3.51. The van der Waals surface area contributed by atoms with Crippen LogP contribution in [-0.2, 0) is 13.0 Å². The summed E-state index contributed by atoms with van der Waals surface area (Å²) in [5, 5.41) is 8.28. The summed E-state index contributed by atoms with van der Waals surface area (Å²) in [6, 6.07) is 1.75. The van der Waals surface area contributed by atoms with Gasteiger partial charge in [-0.3, -0.25) is 0 Å². The highest BCUT2D eigenvalue weighted by Gasteiger charge is 2.29. The zero-order valence-electron chi connectivity index (χ0n) is 6.54. The van der Waals surface area contributed by atoms with Crippen molar-refractivity contribution in [2.75, 3.05) is 0 Å². The third-order valence-electron chi connectivity index (χ3n) is 1.40. The van der Waals surface area contributed by atoms with Crippen molar-refractivity contribution in [2.24, 2.45) is 0 Å². The fourth-order valence-electron chi connectivity index (χ4n) is 0.907. The summed E-state index contributed by atoms with van der Waals surface area (Å²) >= 11 is 0. The van der Waals surface area contributed by atoms with E-state index in [0.717, 1.165) is 0 Å². The smallest absolute Gasteiger partial charge is 0.321 e. The fraction of sp³-hybridized carbons (Fsp3) is 0.429. The van der Waals surface area contributed by atoms with Crippen LogP contribution in [0.15, 0.2) is 12.4 Å². The van der Waals surface area contributed by atoms with Gasteiger partial charge in [0.15, 0.2) is 0 Å². The molecule has 0 saturated heterocycles. The average Bonchev–Trinajstić information content (AvgIpc) is 2.34. The first-order valence-electron chi connectivity index (χ1n) is 3.46. The van der Waals surface area contributed by atoms with E-state index in [1.165, 1.54) is 17.0 Å². The minimum Gasteiger partial charge on any atom is -0.321 e. The van der Waals surface area contributed by atoms with Gasteiger partial charge in [-0.15, -0.1) is 0 Å². The molecule has 0 aliphatic heterocycles. The van der Waals surface area contributed by atoms with Gasteiger partial charge in [0.1, 0.15) is 18.8 Å². The topological polar surface area (TPSA) is 41.6 Å². The Bertz CT molecular complexity index is 320. The molecule has 70 valence electrons. The standard InChI is InChI=1S/C7H6F3N3/c8-7(9,10)5-6-12-2-4-13(6)3-1-11/h2,4H,3,5H2. The quantitative estimate of drug-likeness (QED) is 0.707. The van der Waals surface area contributed by atoms with Crippen LogP contribution in [0.5, 0.6) is 0 Å². The number of nitrogens with zero attached hydrogens (tertiary/aromatic N) is 3. The van der Waals surface area contributed by atoms with Crippen LogP contribution in [0.2, 0.25) is 0 Å². The lowest BCUT2D eigenvalue weighted by Gasteiger charge is -2.06. The number of halogens is 3. The average molecular weight is 189 g/mol. The molecule has 0 aliphatic carbocycles. The van der Waals surface area contributed by atoms with Crippen LogP contribution >= 0.6 is 0 Å². The molecular formula is C7H6F3N3. The van der Waals surface area contributed by atoms with E-state index in [1.807, 2.05) is 0 Å². The molecule has 0 aromatic carbocycles. The van der Waals surface area contributed by atoms with Gasteiger partial charge < -0.3 is 4.57 Å². The van der Waals surface area contributed by atoms with Crippen molar-refractivity contribution in [3.63, 3.8) is 0 Å². The molecule has 0 radical (unpaired) electrons. The Morgan fingerprint density at radius 1 is 1.54 bits per heavy atom. The van der Waals surface area contributed by atoms with E-state index in [4.69, 9.17) is 5.26 Å². The first kappa shape index (κ1) is 9.58. The third kappa shape index (κ3) is 2.78. The van der Waals surface area contributed by atoms with Crippen LogP contribution in [0.4, 0.5) is 13.2 Å². The molecule has 13 heavy (non-hydrogen) atoms. The Balaban J connectivity index is 2.78. The highest BCUT2D eigenvalue weighted by molar-refractivity contribution is 4.96. The summed E-state index contributed by atoms with van der Waals surface area (Å²) in [6.07, 6.45) is -2.77. The summed E-state index contributed by atoms with van der Waals surface area (Å²) in [5.41, 5.74) is 0. The van der Waals surface area contributed by atoms with Gasteiger partial charge in [-0.05, 0) is 0 Å². The molecule has 3 nitrogen and oxygen atoms in total. The largest absolute Gasteiger partial charge is 0.396 e. The Morgan fingerprint density at radius 3 is 2.77 bits per heavy atom. The number of aromatic nitrogens is 2. The number of nitriles is 1. The van der Waals surface area contributed by atoms with Gasteiger partial charge in [0.25, 0.3) is 0 Å². The highest BCUT2D eigenvalue weighted by Crippen LogP contribution is 2.19. The molecule has 1 aromatic heterocycles. The Hall–Kier alpha value is -1.51. The van der Waals surface area contributed by atoms with Gasteiger partial charge in [0.2, 0.25) is 0 Å². The van der Waals surface area contributed by atoms with Crippen molar-refractivity contribution in [1.29, 1.82) is 5.26 Å². The van der Waals surface area contributed by atoms with Crippen LogP contribution in [0.3, 0.4) is 0 Å². The van der Waals surface area contributed by atoms with Gasteiger partial charge in [-0.1, -0.05) is 0 Å². The summed E-state index contributed by atoms with van der Waals surface area (Å²) < 4.78 is 36.9. The Morgan fingerprint density at radius 2 is 2.23 bits per heavy atom. The minimum atomic E-state index is -4.28. The van der Waals surface area contributed by atoms with Crippen LogP contribution in [0.25, 0.3) is 0 Å². The molecule has 1 heterocycles. The van der Waals surface area contributed by atoms with Crippen molar-refractivity contribution in [2.45, 2.75) is 19.1 Å². The summed E-state index contributed by atoms with van der Waals surface area (Å²) in [5.74, 6) is -0.131. The molecule has 0 bridgehead atoms. The van der Waals surface area contributed by atoms with E-state index in [9.17, 15) is 13.2 Å². The molecule has 0 saturated carbocycles. The molecule has 1 rings (SSSR count). The molecule has 0 fully saturated rings. The SMILES string of the molecule is N#CCn1ccnc1CC(F)(F)F.